The average Bonchev–Trinajstić information content (AvgIpc) is 3.07. The van der Waals surface area contributed by atoms with Crippen LogP contribution in [0.25, 0.3) is 6.08 Å². The maximum Gasteiger partial charge on any atom is 0.328 e. The van der Waals surface area contributed by atoms with Crippen molar-refractivity contribution in [3.8, 4) is 0 Å². The number of urea groups is 1. The molecule has 4 rings (SSSR count). The molecule has 0 N–H and O–H groups in total. The molecule has 2 aromatic rings. The molecule has 0 saturated carbocycles. The Morgan fingerprint density at radius 2 is 1.83 bits per heavy atom. The zero-order valence-electron chi connectivity index (χ0n) is 21.6. The molecule has 1 aromatic carbocycles. The van der Waals surface area contributed by atoms with Gasteiger partial charge in [-0.1, -0.05) is 30.4 Å². The maximum atomic E-state index is 13.7. The third-order valence-electron chi connectivity index (χ3n) is 7.16. The van der Waals surface area contributed by atoms with Gasteiger partial charge in [-0.05, 0) is 49.1 Å². The van der Waals surface area contributed by atoms with E-state index in [2.05, 4.69) is 51.2 Å². The Hall–Kier alpha value is -3.23. The molecule has 8 heteroatoms. The molecule has 0 radical (unpaired) electrons. The highest BCUT2D eigenvalue weighted by molar-refractivity contribution is 6.07. The van der Waals surface area contributed by atoms with E-state index in [1.165, 1.54) is 16.2 Å². The van der Waals surface area contributed by atoms with E-state index in [0.717, 1.165) is 19.6 Å². The number of hydrogen-bond acceptors (Lipinski definition) is 6. The van der Waals surface area contributed by atoms with Crippen LogP contribution < -0.4 is 4.90 Å². The summed E-state index contributed by atoms with van der Waals surface area (Å²) in [6, 6.07) is 13.8. The van der Waals surface area contributed by atoms with Crippen molar-refractivity contribution in [1.82, 2.24) is 19.7 Å². The molecule has 2 aliphatic rings. The number of imide groups is 1. The number of ether oxygens (including phenoxy) is 1. The Labute approximate surface area is 214 Å². The van der Waals surface area contributed by atoms with Crippen LogP contribution >= 0.6 is 0 Å². The summed E-state index contributed by atoms with van der Waals surface area (Å²) in [5.74, 6) is -0.0910. The van der Waals surface area contributed by atoms with E-state index in [0.29, 0.717) is 38.1 Å². The molecule has 0 atom stereocenters. The molecule has 1 aromatic heterocycles. The average molecular weight is 492 g/mol. The summed E-state index contributed by atoms with van der Waals surface area (Å²) >= 11 is 0. The third kappa shape index (κ3) is 5.60. The molecule has 2 saturated heterocycles. The lowest BCUT2D eigenvalue weighted by Gasteiger charge is -2.42. The van der Waals surface area contributed by atoms with Gasteiger partial charge in [0, 0.05) is 65.9 Å². The number of anilines is 1. The van der Waals surface area contributed by atoms with Crippen LogP contribution in [0.5, 0.6) is 0 Å². The number of likely N-dealkylation sites (tertiary alicyclic amines) is 1. The summed E-state index contributed by atoms with van der Waals surface area (Å²) in [5, 5.41) is 0. The van der Waals surface area contributed by atoms with Crippen LogP contribution in [0.15, 0.2) is 54.7 Å². The lowest BCUT2D eigenvalue weighted by atomic mass is 9.85. The van der Waals surface area contributed by atoms with Gasteiger partial charge in [-0.25, -0.2) is 4.79 Å². The zero-order chi connectivity index (χ0) is 25.5. The van der Waals surface area contributed by atoms with Crippen molar-refractivity contribution in [3.63, 3.8) is 0 Å². The Kier molecular flexibility index (Phi) is 8.38. The van der Waals surface area contributed by atoms with Crippen LogP contribution in [-0.2, 0) is 16.1 Å². The summed E-state index contributed by atoms with van der Waals surface area (Å²) in [7, 11) is 5.73. The molecular weight excluding hydrogens is 454 g/mol. The Morgan fingerprint density at radius 1 is 1.08 bits per heavy atom. The van der Waals surface area contributed by atoms with Gasteiger partial charge in [-0.3, -0.25) is 19.6 Å². The Morgan fingerprint density at radius 3 is 2.47 bits per heavy atom. The van der Waals surface area contributed by atoms with Crippen molar-refractivity contribution < 1.29 is 14.3 Å². The summed E-state index contributed by atoms with van der Waals surface area (Å²) in [4.78, 5) is 39.0. The summed E-state index contributed by atoms with van der Waals surface area (Å²) in [5.41, 5.74) is 2.28. The summed E-state index contributed by atoms with van der Waals surface area (Å²) in [6.07, 6.45) is 7.97. The Balaban J connectivity index is 1.41. The fourth-order valence-electron chi connectivity index (χ4n) is 5.06. The van der Waals surface area contributed by atoms with Crippen molar-refractivity contribution in [2.45, 2.75) is 31.3 Å². The molecule has 1 spiro atoms. The fourth-order valence-corrected chi connectivity index (χ4v) is 5.06. The standard InChI is InChI=1S/C28H37N5O3/c1-30(2)25-12-10-23(11-13-25)8-6-17-31-19-14-28(15-20-31)26(34)32(22-24-9-4-5-16-29-24)27(35)33(28)18-7-21-36-3/h4-6,8-13,16H,7,14-15,17-22H2,1-3H3/b8-6+. The van der Waals surface area contributed by atoms with Crippen LogP contribution in [0.2, 0.25) is 0 Å². The highest BCUT2D eigenvalue weighted by Gasteiger charge is 2.57. The van der Waals surface area contributed by atoms with Crippen molar-refractivity contribution in [2.24, 2.45) is 0 Å². The third-order valence-corrected chi connectivity index (χ3v) is 7.16. The van der Waals surface area contributed by atoms with Gasteiger partial charge in [0.25, 0.3) is 5.91 Å². The molecular formula is C28H37N5O3. The number of hydrogen-bond donors (Lipinski definition) is 0. The number of amides is 3. The first-order valence-electron chi connectivity index (χ1n) is 12.6. The van der Waals surface area contributed by atoms with E-state index in [9.17, 15) is 9.59 Å². The van der Waals surface area contributed by atoms with Gasteiger partial charge in [0.15, 0.2) is 0 Å². The van der Waals surface area contributed by atoms with Crippen LogP contribution in [-0.4, -0.2) is 91.2 Å². The minimum atomic E-state index is -0.776. The molecule has 0 bridgehead atoms. The highest BCUT2D eigenvalue weighted by atomic mass is 16.5. The number of carbonyl (C=O) groups is 2. The number of nitrogens with zero attached hydrogens (tertiary/aromatic N) is 5. The van der Waals surface area contributed by atoms with E-state index in [1.54, 1.807) is 18.2 Å². The first-order chi connectivity index (χ1) is 17.4. The second kappa shape index (κ2) is 11.7. The van der Waals surface area contributed by atoms with Gasteiger partial charge in [-0.15, -0.1) is 0 Å². The van der Waals surface area contributed by atoms with Crippen LogP contribution in [0.4, 0.5) is 10.5 Å². The Bertz CT molecular complexity index is 1050. The van der Waals surface area contributed by atoms with Crippen LogP contribution in [0.1, 0.15) is 30.5 Å². The van der Waals surface area contributed by atoms with Gasteiger partial charge in [0.1, 0.15) is 5.54 Å². The zero-order valence-corrected chi connectivity index (χ0v) is 21.6. The van der Waals surface area contributed by atoms with E-state index in [-0.39, 0.29) is 18.5 Å². The second-order valence-corrected chi connectivity index (χ2v) is 9.71. The molecule has 3 heterocycles. The highest BCUT2D eigenvalue weighted by Crippen LogP contribution is 2.38. The minimum Gasteiger partial charge on any atom is -0.385 e. The molecule has 2 aliphatic heterocycles. The summed E-state index contributed by atoms with van der Waals surface area (Å²) in [6.45, 7) is 3.62. The number of piperidine rings is 1. The molecule has 192 valence electrons. The first-order valence-corrected chi connectivity index (χ1v) is 12.6. The van der Waals surface area contributed by atoms with E-state index >= 15 is 0 Å². The smallest absolute Gasteiger partial charge is 0.328 e. The number of carbonyl (C=O) groups excluding carboxylic acids is 2. The van der Waals surface area contributed by atoms with E-state index in [4.69, 9.17) is 4.74 Å². The van der Waals surface area contributed by atoms with E-state index < -0.39 is 5.54 Å². The van der Waals surface area contributed by atoms with Crippen LogP contribution in [0.3, 0.4) is 0 Å². The molecule has 0 unspecified atom stereocenters. The maximum absolute atomic E-state index is 13.7. The molecule has 36 heavy (non-hydrogen) atoms. The number of benzene rings is 1. The first kappa shape index (κ1) is 25.9. The predicted molar refractivity (Wildman–Crippen MR) is 142 cm³/mol. The van der Waals surface area contributed by atoms with Crippen LogP contribution in [0, 0.1) is 0 Å². The molecule has 8 nitrogen and oxygen atoms in total. The lowest BCUT2D eigenvalue weighted by molar-refractivity contribution is -0.136. The van der Waals surface area contributed by atoms with Gasteiger partial charge >= 0.3 is 6.03 Å². The van der Waals surface area contributed by atoms with Crippen molar-refractivity contribution >= 4 is 23.7 Å². The normalized spacial score (nSPS) is 18.1. The predicted octanol–water partition coefficient (Wildman–Crippen LogP) is 3.50. The monoisotopic (exact) mass is 491 g/mol. The van der Waals surface area contributed by atoms with Gasteiger partial charge in [0.05, 0.1) is 12.2 Å². The van der Waals surface area contributed by atoms with Gasteiger partial charge < -0.3 is 14.5 Å². The number of pyridine rings is 1. The number of methoxy groups -OCH3 is 1. The van der Waals surface area contributed by atoms with Crippen molar-refractivity contribution in [1.29, 1.82) is 0 Å². The topological polar surface area (TPSA) is 69.2 Å². The molecule has 2 fully saturated rings. The van der Waals surface area contributed by atoms with Gasteiger partial charge in [-0.2, -0.15) is 0 Å². The summed E-state index contributed by atoms with van der Waals surface area (Å²) < 4.78 is 5.21. The number of aromatic nitrogens is 1. The fraction of sp³-hybridized carbons (Fsp3) is 0.464. The lowest BCUT2D eigenvalue weighted by Crippen LogP contribution is -2.56. The van der Waals surface area contributed by atoms with E-state index in [1.807, 2.05) is 32.3 Å². The minimum absolute atomic E-state index is 0.0910. The molecule has 3 amide bonds. The molecule has 0 aliphatic carbocycles. The quantitative estimate of drug-likeness (QED) is 0.374. The van der Waals surface area contributed by atoms with Gasteiger partial charge in [0.2, 0.25) is 0 Å². The number of rotatable bonds is 10. The van der Waals surface area contributed by atoms with Crippen molar-refractivity contribution in [3.05, 3.63) is 66.0 Å². The second-order valence-electron chi connectivity index (χ2n) is 9.71. The largest absolute Gasteiger partial charge is 0.385 e. The SMILES string of the molecule is COCCCN1C(=O)N(Cc2ccccn2)C(=O)C12CCN(C/C=C/c1ccc(N(C)C)cc1)CC2. The van der Waals surface area contributed by atoms with Crippen molar-refractivity contribution in [2.75, 3.05) is 58.9 Å².